The van der Waals surface area contributed by atoms with Gasteiger partial charge in [-0.15, -0.1) is 0 Å². The van der Waals surface area contributed by atoms with Gasteiger partial charge in [-0.25, -0.2) is 8.42 Å². The Morgan fingerprint density at radius 2 is 1.93 bits per heavy atom. The van der Waals surface area contributed by atoms with Gasteiger partial charge in [-0.1, -0.05) is 45.7 Å². The molecule has 0 saturated carbocycles. The van der Waals surface area contributed by atoms with Crippen molar-refractivity contribution >= 4 is 43.5 Å². The Labute approximate surface area is 173 Å². The lowest BCUT2D eigenvalue weighted by Crippen LogP contribution is -2.35. The quantitative estimate of drug-likeness (QED) is 0.582. The molecule has 0 aliphatic heterocycles. The average molecular weight is 475 g/mol. The first kappa shape index (κ1) is 21.9. The highest BCUT2D eigenvalue weighted by Crippen LogP contribution is 2.32. The van der Waals surface area contributed by atoms with E-state index >= 15 is 0 Å². The van der Waals surface area contributed by atoms with E-state index in [4.69, 9.17) is 16.7 Å². The molecule has 2 aromatic rings. The predicted molar refractivity (Wildman–Crippen MR) is 110 cm³/mol. The van der Waals surface area contributed by atoms with Crippen LogP contribution in [-0.4, -0.2) is 30.3 Å². The summed E-state index contributed by atoms with van der Waals surface area (Å²) >= 11 is 9.53. The zero-order chi connectivity index (χ0) is 20.2. The number of sulfonamides is 1. The summed E-state index contributed by atoms with van der Waals surface area (Å²) in [6.45, 7) is 3.54. The zero-order valence-corrected chi connectivity index (χ0v) is 18.2. The maximum atomic E-state index is 13.4. The van der Waals surface area contributed by atoms with Crippen molar-refractivity contribution in [2.75, 3.05) is 6.54 Å². The molecule has 0 aliphatic carbocycles. The molecule has 0 fully saturated rings. The molecule has 8 heteroatoms. The molecule has 0 aliphatic rings. The predicted octanol–water partition coefficient (Wildman–Crippen LogP) is 5.03. The fourth-order valence-electron chi connectivity index (χ4n) is 2.83. The highest BCUT2D eigenvalue weighted by molar-refractivity contribution is 9.10. The van der Waals surface area contributed by atoms with E-state index in [-0.39, 0.29) is 24.3 Å². The third-order valence-corrected chi connectivity index (χ3v) is 7.35. The van der Waals surface area contributed by atoms with Crippen LogP contribution in [0, 0.1) is 6.92 Å². The van der Waals surface area contributed by atoms with Gasteiger partial charge in [0.15, 0.2) is 0 Å². The van der Waals surface area contributed by atoms with Gasteiger partial charge in [-0.3, -0.25) is 4.79 Å². The summed E-state index contributed by atoms with van der Waals surface area (Å²) in [4.78, 5) is 11.0. The van der Waals surface area contributed by atoms with Gasteiger partial charge in [0.1, 0.15) is 0 Å². The normalized spacial score (nSPS) is 12.9. The Kier molecular flexibility index (Phi) is 7.45. The number of aliphatic carboxylic acids is 1. The summed E-state index contributed by atoms with van der Waals surface area (Å²) in [5, 5.41) is 9.30. The maximum absolute atomic E-state index is 13.4. The average Bonchev–Trinajstić information content (AvgIpc) is 2.60. The second-order valence-corrected chi connectivity index (χ2v) is 9.39. The molecule has 2 aromatic carbocycles. The van der Waals surface area contributed by atoms with Crippen LogP contribution in [0.1, 0.15) is 36.9 Å². The Balaban J connectivity index is 2.47. The Bertz CT molecular complexity index is 933. The van der Waals surface area contributed by atoms with Crippen molar-refractivity contribution in [1.29, 1.82) is 0 Å². The molecule has 1 atom stereocenters. The van der Waals surface area contributed by atoms with Crippen LogP contribution >= 0.6 is 27.5 Å². The number of halogens is 2. The first-order chi connectivity index (χ1) is 12.6. The van der Waals surface area contributed by atoms with Crippen molar-refractivity contribution in [1.82, 2.24) is 4.31 Å². The summed E-state index contributed by atoms with van der Waals surface area (Å²) < 4.78 is 29.0. The zero-order valence-electron chi connectivity index (χ0n) is 15.0. The number of hydrogen-bond acceptors (Lipinski definition) is 3. The molecular weight excluding hydrogens is 454 g/mol. The van der Waals surface area contributed by atoms with Crippen molar-refractivity contribution in [2.24, 2.45) is 0 Å². The number of benzene rings is 2. The second-order valence-electron chi connectivity index (χ2n) is 6.21. The number of carbonyl (C=O) groups is 1. The van der Waals surface area contributed by atoms with E-state index in [1.165, 1.54) is 10.4 Å². The minimum atomic E-state index is -3.87. The molecule has 0 radical (unpaired) electrons. The largest absolute Gasteiger partial charge is 0.481 e. The number of rotatable bonds is 8. The van der Waals surface area contributed by atoms with Crippen LogP contribution in [0.25, 0.3) is 0 Å². The molecule has 0 heterocycles. The van der Waals surface area contributed by atoms with Gasteiger partial charge in [0.2, 0.25) is 10.0 Å². The molecule has 0 amide bonds. The Hall–Kier alpha value is -1.41. The summed E-state index contributed by atoms with van der Waals surface area (Å²) in [6.07, 6.45) is 0.109. The van der Waals surface area contributed by atoms with Gasteiger partial charge in [0.05, 0.1) is 4.90 Å². The molecule has 0 spiro atoms. The number of hydrogen-bond donors (Lipinski definition) is 1. The first-order valence-corrected chi connectivity index (χ1v) is 11.0. The second kappa shape index (κ2) is 9.19. The SMILES string of the molecule is Cc1c(Cl)cccc1S(=O)(=O)N(CCCC(=O)O)C(C)c1cccc(Br)c1. The van der Waals surface area contributed by atoms with Crippen LogP contribution in [0.5, 0.6) is 0 Å². The van der Waals surface area contributed by atoms with Crippen LogP contribution in [0.4, 0.5) is 0 Å². The van der Waals surface area contributed by atoms with E-state index in [1.807, 2.05) is 24.3 Å². The first-order valence-electron chi connectivity index (χ1n) is 8.39. The molecule has 146 valence electrons. The number of carboxylic acid groups (broad SMARTS) is 1. The molecule has 0 aromatic heterocycles. The van der Waals surface area contributed by atoms with E-state index in [0.717, 1.165) is 10.0 Å². The molecule has 1 N–H and O–H groups in total. The summed E-state index contributed by atoms with van der Waals surface area (Å²) in [5.41, 5.74) is 1.28. The Morgan fingerprint density at radius 1 is 1.26 bits per heavy atom. The van der Waals surface area contributed by atoms with E-state index in [2.05, 4.69) is 15.9 Å². The lowest BCUT2D eigenvalue weighted by molar-refractivity contribution is -0.137. The summed E-state index contributed by atoms with van der Waals surface area (Å²) in [7, 11) is -3.87. The minimum Gasteiger partial charge on any atom is -0.481 e. The topological polar surface area (TPSA) is 74.7 Å². The van der Waals surface area contributed by atoms with Crippen molar-refractivity contribution in [3.63, 3.8) is 0 Å². The van der Waals surface area contributed by atoms with Crippen LogP contribution in [0.3, 0.4) is 0 Å². The molecule has 27 heavy (non-hydrogen) atoms. The maximum Gasteiger partial charge on any atom is 0.303 e. The number of nitrogens with zero attached hydrogens (tertiary/aromatic N) is 1. The third kappa shape index (κ3) is 5.31. The van der Waals surface area contributed by atoms with Crippen molar-refractivity contribution in [2.45, 2.75) is 37.6 Å². The van der Waals surface area contributed by atoms with Crippen LogP contribution in [-0.2, 0) is 14.8 Å². The van der Waals surface area contributed by atoms with Crippen LogP contribution < -0.4 is 0 Å². The molecule has 2 rings (SSSR count). The van der Waals surface area contributed by atoms with Crippen molar-refractivity contribution in [3.05, 3.63) is 63.1 Å². The van der Waals surface area contributed by atoms with Crippen molar-refractivity contribution < 1.29 is 18.3 Å². The minimum absolute atomic E-state index is 0.0915. The van der Waals surface area contributed by atoms with E-state index in [0.29, 0.717) is 10.6 Å². The van der Waals surface area contributed by atoms with Gasteiger partial charge >= 0.3 is 5.97 Å². The highest BCUT2D eigenvalue weighted by atomic mass is 79.9. The molecule has 1 unspecified atom stereocenters. The van der Waals surface area contributed by atoms with Crippen molar-refractivity contribution in [3.8, 4) is 0 Å². The van der Waals surface area contributed by atoms with Gasteiger partial charge in [0.25, 0.3) is 0 Å². The number of carboxylic acids is 1. The standard InChI is InChI=1S/C19H21BrClNO4S/c1-13-17(21)8-4-9-18(13)27(25,26)22(11-5-10-19(23)24)14(2)15-6-3-7-16(20)12-15/h3-4,6-9,12,14H,5,10-11H2,1-2H3,(H,23,24). The summed E-state index contributed by atoms with van der Waals surface area (Å²) in [6, 6.07) is 11.7. The summed E-state index contributed by atoms with van der Waals surface area (Å²) in [5.74, 6) is -0.957. The lowest BCUT2D eigenvalue weighted by Gasteiger charge is -2.29. The fraction of sp³-hybridized carbons (Fsp3) is 0.316. The molecule has 0 saturated heterocycles. The van der Waals surface area contributed by atoms with Gasteiger partial charge in [-0.05, 0) is 55.7 Å². The molecule has 5 nitrogen and oxygen atoms in total. The van der Waals surface area contributed by atoms with Gasteiger partial charge in [-0.2, -0.15) is 4.31 Å². The van der Waals surface area contributed by atoms with Crippen LogP contribution in [0.15, 0.2) is 51.8 Å². The Morgan fingerprint density at radius 3 is 2.56 bits per heavy atom. The lowest BCUT2D eigenvalue weighted by atomic mass is 10.1. The van der Waals surface area contributed by atoms with E-state index in [1.54, 1.807) is 26.0 Å². The third-order valence-electron chi connectivity index (χ3n) is 4.34. The fourth-order valence-corrected chi connectivity index (χ4v) is 5.39. The highest BCUT2D eigenvalue weighted by Gasteiger charge is 2.31. The van der Waals surface area contributed by atoms with Gasteiger partial charge < -0.3 is 5.11 Å². The van der Waals surface area contributed by atoms with E-state index < -0.39 is 22.0 Å². The monoisotopic (exact) mass is 473 g/mol. The molecule has 0 bridgehead atoms. The van der Waals surface area contributed by atoms with E-state index in [9.17, 15) is 13.2 Å². The van der Waals surface area contributed by atoms with Crippen LogP contribution in [0.2, 0.25) is 5.02 Å². The van der Waals surface area contributed by atoms with Gasteiger partial charge in [0, 0.05) is 28.5 Å². The molecular formula is C19H21BrClNO4S. The smallest absolute Gasteiger partial charge is 0.303 e.